The van der Waals surface area contributed by atoms with Crippen LogP contribution in [0.1, 0.15) is 50.3 Å². The molecule has 0 aliphatic rings. The highest BCUT2D eigenvalue weighted by molar-refractivity contribution is 7.89. The number of aromatic amines is 1. The van der Waals surface area contributed by atoms with Crippen LogP contribution in [0.4, 0.5) is 0 Å². The van der Waals surface area contributed by atoms with Gasteiger partial charge < -0.3 is 5.32 Å². The van der Waals surface area contributed by atoms with Crippen molar-refractivity contribution >= 4 is 15.9 Å². The van der Waals surface area contributed by atoms with Gasteiger partial charge in [-0.2, -0.15) is 5.10 Å². The average Bonchev–Trinajstić information content (AvgIpc) is 2.70. The number of nitrogens with one attached hydrogen (secondary N) is 2. The first kappa shape index (κ1) is 16.6. The Labute approximate surface area is 119 Å². The van der Waals surface area contributed by atoms with Gasteiger partial charge in [0.25, 0.3) is 5.91 Å². The molecule has 1 aromatic heterocycles. The number of sulfonamides is 1. The van der Waals surface area contributed by atoms with Crippen LogP contribution in [0.15, 0.2) is 4.90 Å². The first-order valence-corrected chi connectivity index (χ1v) is 8.12. The maximum Gasteiger partial charge on any atom is 0.273 e. The molecule has 1 atom stereocenters. The van der Waals surface area contributed by atoms with Crippen LogP contribution in [-0.2, 0) is 16.4 Å². The third-order valence-electron chi connectivity index (χ3n) is 2.85. The second-order valence-corrected chi connectivity index (χ2v) is 6.78. The molecule has 1 unspecified atom stereocenters. The summed E-state index contributed by atoms with van der Waals surface area (Å²) in [5, 5.41) is 14.2. The molecule has 0 aliphatic heterocycles. The lowest BCUT2D eigenvalue weighted by atomic mass is 10.1. The number of amides is 1. The zero-order chi connectivity index (χ0) is 15.5. The summed E-state index contributed by atoms with van der Waals surface area (Å²) in [6.45, 7) is 7.71. The lowest BCUT2D eigenvalue weighted by molar-refractivity contribution is 0.0927. The average molecular weight is 302 g/mol. The Morgan fingerprint density at radius 2 is 2.00 bits per heavy atom. The zero-order valence-corrected chi connectivity index (χ0v) is 13.0. The fourth-order valence-corrected chi connectivity index (χ4v) is 3.07. The quantitative estimate of drug-likeness (QED) is 0.719. The number of nitrogens with two attached hydrogens (primary N) is 1. The predicted octanol–water partition coefficient (Wildman–Crippen LogP) is 0.784. The number of primary sulfonamides is 1. The molecule has 0 bridgehead atoms. The molecule has 0 saturated heterocycles. The van der Waals surface area contributed by atoms with Crippen molar-refractivity contribution < 1.29 is 13.2 Å². The summed E-state index contributed by atoms with van der Waals surface area (Å²) in [6.07, 6.45) is 1.19. The fourth-order valence-electron chi connectivity index (χ4n) is 2.13. The second-order valence-electron chi connectivity index (χ2n) is 5.28. The van der Waals surface area contributed by atoms with E-state index >= 15 is 0 Å². The minimum atomic E-state index is -3.99. The van der Waals surface area contributed by atoms with Gasteiger partial charge in [-0.3, -0.25) is 9.89 Å². The van der Waals surface area contributed by atoms with Gasteiger partial charge in [0, 0.05) is 6.04 Å². The topological polar surface area (TPSA) is 118 Å². The molecule has 4 N–H and O–H groups in total. The summed E-state index contributed by atoms with van der Waals surface area (Å²) in [5.41, 5.74) is 0.175. The Morgan fingerprint density at radius 1 is 1.40 bits per heavy atom. The molecule has 0 spiro atoms. The third kappa shape index (κ3) is 4.04. The monoisotopic (exact) mass is 302 g/mol. The fraction of sp³-hybridized carbons (Fsp3) is 0.667. The van der Waals surface area contributed by atoms with Crippen LogP contribution in [-0.4, -0.2) is 30.6 Å². The Morgan fingerprint density at radius 3 is 2.45 bits per heavy atom. The van der Waals surface area contributed by atoms with Crippen LogP contribution >= 0.6 is 0 Å². The first-order valence-electron chi connectivity index (χ1n) is 6.57. The van der Waals surface area contributed by atoms with Gasteiger partial charge in [-0.15, -0.1) is 0 Å². The molecular formula is C12H22N4O3S. The molecule has 20 heavy (non-hydrogen) atoms. The van der Waals surface area contributed by atoms with E-state index in [1.54, 1.807) is 6.92 Å². The summed E-state index contributed by atoms with van der Waals surface area (Å²) in [5.74, 6) is -0.105. The minimum absolute atomic E-state index is 0.0717. The van der Waals surface area contributed by atoms with Crippen LogP contribution in [0, 0.1) is 5.92 Å². The molecule has 1 heterocycles. The molecule has 0 saturated carbocycles. The lowest BCUT2D eigenvalue weighted by Gasteiger charge is -2.15. The maximum atomic E-state index is 12.1. The number of rotatable bonds is 6. The molecular weight excluding hydrogens is 280 g/mol. The van der Waals surface area contributed by atoms with Gasteiger partial charge in [-0.05, 0) is 25.7 Å². The standard InChI is InChI=1S/C12H22N4O3S/c1-5-9-11(20(13,18)19)10(16-15-9)12(17)14-8(4)6-7(2)3/h7-8H,5-6H2,1-4H3,(H,14,17)(H,15,16)(H2,13,18,19). The Kier molecular flexibility index (Phi) is 5.29. The van der Waals surface area contributed by atoms with Gasteiger partial charge in [0.05, 0.1) is 5.69 Å². The van der Waals surface area contributed by atoms with E-state index in [9.17, 15) is 13.2 Å². The molecule has 1 rings (SSSR count). The number of hydrogen-bond donors (Lipinski definition) is 3. The number of carbonyl (C=O) groups excluding carboxylic acids is 1. The molecule has 1 aromatic rings. The summed E-state index contributed by atoms with van der Waals surface area (Å²) < 4.78 is 23.2. The van der Waals surface area contributed by atoms with E-state index in [0.29, 0.717) is 18.0 Å². The normalized spacial score (nSPS) is 13.5. The molecule has 0 aliphatic carbocycles. The molecule has 0 aromatic carbocycles. The molecule has 114 valence electrons. The van der Waals surface area contributed by atoms with Crippen molar-refractivity contribution in [3.8, 4) is 0 Å². The number of carbonyl (C=O) groups is 1. The van der Waals surface area contributed by atoms with E-state index in [4.69, 9.17) is 5.14 Å². The van der Waals surface area contributed by atoms with Crippen molar-refractivity contribution in [2.45, 2.75) is 51.5 Å². The molecule has 1 amide bonds. The number of hydrogen-bond acceptors (Lipinski definition) is 4. The van der Waals surface area contributed by atoms with Crippen molar-refractivity contribution in [3.05, 3.63) is 11.4 Å². The smallest absolute Gasteiger partial charge is 0.273 e. The van der Waals surface area contributed by atoms with Gasteiger partial charge in [-0.25, -0.2) is 13.6 Å². The number of aryl methyl sites for hydroxylation is 1. The summed E-state index contributed by atoms with van der Waals surface area (Å²) in [6, 6.07) is -0.0717. The minimum Gasteiger partial charge on any atom is -0.348 e. The van der Waals surface area contributed by atoms with E-state index in [0.717, 1.165) is 6.42 Å². The lowest BCUT2D eigenvalue weighted by Crippen LogP contribution is -2.35. The van der Waals surface area contributed by atoms with Crippen LogP contribution in [0.5, 0.6) is 0 Å². The van der Waals surface area contributed by atoms with E-state index in [2.05, 4.69) is 15.5 Å². The van der Waals surface area contributed by atoms with Crippen molar-refractivity contribution in [3.63, 3.8) is 0 Å². The van der Waals surface area contributed by atoms with Crippen LogP contribution in [0.3, 0.4) is 0 Å². The molecule has 7 nitrogen and oxygen atoms in total. The number of nitrogens with zero attached hydrogens (tertiary/aromatic N) is 1. The van der Waals surface area contributed by atoms with Gasteiger partial charge in [0.2, 0.25) is 10.0 Å². The summed E-state index contributed by atoms with van der Waals surface area (Å²) in [4.78, 5) is 11.9. The Balaban J connectivity index is 3.03. The van der Waals surface area contributed by atoms with Crippen molar-refractivity contribution in [1.29, 1.82) is 0 Å². The van der Waals surface area contributed by atoms with Crippen molar-refractivity contribution in [2.75, 3.05) is 0 Å². The predicted molar refractivity (Wildman–Crippen MR) is 75.7 cm³/mol. The van der Waals surface area contributed by atoms with Crippen LogP contribution in [0.2, 0.25) is 0 Å². The zero-order valence-electron chi connectivity index (χ0n) is 12.2. The summed E-state index contributed by atoms with van der Waals surface area (Å²) >= 11 is 0. The molecule has 8 heteroatoms. The SMILES string of the molecule is CCc1[nH]nc(C(=O)NC(C)CC(C)C)c1S(N)(=O)=O. The van der Waals surface area contributed by atoms with Crippen LogP contribution in [0.25, 0.3) is 0 Å². The highest BCUT2D eigenvalue weighted by Crippen LogP contribution is 2.17. The van der Waals surface area contributed by atoms with E-state index in [1.165, 1.54) is 0 Å². The van der Waals surface area contributed by atoms with Crippen molar-refractivity contribution in [2.24, 2.45) is 11.1 Å². The maximum absolute atomic E-state index is 12.1. The van der Waals surface area contributed by atoms with Crippen LogP contribution < -0.4 is 10.5 Å². The van der Waals surface area contributed by atoms with Gasteiger partial charge >= 0.3 is 0 Å². The van der Waals surface area contributed by atoms with Gasteiger partial charge in [0.15, 0.2) is 5.69 Å². The Bertz CT molecular complexity index is 578. The first-order chi connectivity index (χ1) is 9.16. The largest absolute Gasteiger partial charge is 0.348 e. The van der Waals surface area contributed by atoms with E-state index in [1.807, 2.05) is 20.8 Å². The number of H-pyrrole nitrogens is 1. The van der Waals surface area contributed by atoms with Crippen molar-refractivity contribution in [1.82, 2.24) is 15.5 Å². The van der Waals surface area contributed by atoms with E-state index < -0.39 is 15.9 Å². The van der Waals surface area contributed by atoms with Gasteiger partial charge in [0.1, 0.15) is 4.90 Å². The summed E-state index contributed by atoms with van der Waals surface area (Å²) in [7, 11) is -3.99. The molecule has 0 fully saturated rings. The highest BCUT2D eigenvalue weighted by atomic mass is 32.2. The van der Waals surface area contributed by atoms with E-state index in [-0.39, 0.29) is 16.6 Å². The third-order valence-corrected chi connectivity index (χ3v) is 3.86. The van der Waals surface area contributed by atoms with Gasteiger partial charge in [-0.1, -0.05) is 20.8 Å². The molecule has 0 radical (unpaired) electrons. The second kappa shape index (κ2) is 6.36. The Hall–Kier alpha value is -1.41. The highest BCUT2D eigenvalue weighted by Gasteiger charge is 2.27. The number of aromatic nitrogens is 2.